The summed E-state index contributed by atoms with van der Waals surface area (Å²) in [4.78, 5) is 36.6. The van der Waals surface area contributed by atoms with Gasteiger partial charge in [0.1, 0.15) is 12.3 Å². The lowest BCUT2D eigenvalue weighted by Gasteiger charge is -2.12. The van der Waals surface area contributed by atoms with Crippen molar-refractivity contribution in [2.75, 3.05) is 4.90 Å². The zero-order chi connectivity index (χ0) is 24.4. The highest BCUT2D eigenvalue weighted by Gasteiger charge is 2.35. The number of hydrogen-bond donors (Lipinski definition) is 1. The first-order valence-corrected chi connectivity index (χ1v) is 10.8. The number of nitro benzene ring substituents is 1. The molecule has 1 N–H and O–H groups in total. The molecule has 11 heteroatoms. The molecule has 1 aliphatic rings. The van der Waals surface area contributed by atoms with Crippen LogP contribution in [0.3, 0.4) is 0 Å². The van der Waals surface area contributed by atoms with Crippen LogP contribution in [0.4, 0.5) is 16.2 Å². The molecule has 0 aliphatic carbocycles. The van der Waals surface area contributed by atoms with E-state index in [-0.39, 0.29) is 33.8 Å². The van der Waals surface area contributed by atoms with E-state index in [2.05, 4.69) is 5.32 Å². The van der Waals surface area contributed by atoms with Crippen LogP contribution in [0.15, 0.2) is 66.4 Å². The maximum atomic E-state index is 12.8. The molecule has 172 valence electrons. The number of amides is 3. The van der Waals surface area contributed by atoms with E-state index in [9.17, 15) is 19.7 Å². The van der Waals surface area contributed by atoms with E-state index >= 15 is 0 Å². The summed E-state index contributed by atoms with van der Waals surface area (Å²) in [6.07, 6.45) is 1.44. The number of ether oxygens (including phenoxy) is 1. The summed E-state index contributed by atoms with van der Waals surface area (Å²) < 4.78 is 5.67. The highest BCUT2D eigenvalue weighted by atomic mass is 35.5. The normalized spacial score (nSPS) is 14.4. The molecule has 3 amide bonds. The number of anilines is 1. The molecular weight excluding hydrogens is 505 g/mol. The number of benzene rings is 3. The second-order valence-corrected chi connectivity index (χ2v) is 8.39. The Balaban J connectivity index is 1.54. The van der Waals surface area contributed by atoms with Crippen LogP contribution in [-0.4, -0.2) is 16.9 Å². The summed E-state index contributed by atoms with van der Waals surface area (Å²) in [5, 5.41) is 14.2. The minimum absolute atomic E-state index is 0.00466. The lowest BCUT2D eigenvalue weighted by atomic mass is 10.1. The Labute approximate surface area is 208 Å². The molecule has 1 fully saturated rings. The Bertz CT molecular complexity index is 1340. The molecule has 34 heavy (non-hydrogen) atoms. The molecule has 0 spiro atoms. The first-order valence-electron chi connectivity index (χ1n) is 9.71. The number of carbonyl (C=O) groups excluding carboxylic acids is 2. The van der Waals surface area contributed by atoms with Crippen LogP contribution in [0, 0.1) is 10.1 Å². The number of hydrogen-bond acceptors (Lipinski definition) is 5. The van der Waals surface area contributed by atoms with E-state index in [0.29, 0.717) is 21.8 Å². The molecule has 0 radical (unpaired) electrons. The Morgan fingerprint density at radius 3 is 2.38 bits per heavy atom. The second-order valence-electron chi connectivity index (χ2n) is 7.14. The van der Waals surface area contributed by atoms with E-state index in [4.69, 9.17) is 39.5 Å². The summed E-state index contributed by atoms with van der Waals surface area (Å²) in [7, 11) is 0. The molecule has 0 saturated carbocycles. The number of rotatable bonds is 6. The van der Waals surface area contributed by atoms with Gasteiger partial charge in [0.2, 0.25) is 0 Å². The number of nitro groups is 1. The molecular formula is C23H14Cl3N3O5. The van der Waals surface area contributed by atoms with Crippen LogP contribution in [0.1, 0.15) is 11.1 Å². The molecule has 0 aromatic heterocycles. The third-order valence-corrected chi connectivity index (χ3v) is 5.58. The Kier molecular flexibility index (Phi) is 6.74. The molecule has 0 unspecified atom stereocenters. The van der Waals surface area contributed by atoms with Gasteiger partial charge in [-0.25, -0.2) is 9.69 Å². The monoisotopic (exact) mass is 517 g/mol. The molecule has 1 heterocycles. The maximum absolute atomic E-state index is 12.8. The van der Waals surface area contributed by atoms with Gasteiger partial charge in [0.25, 0.3) is 11.6 Å². The molecule has 0 atom stereocenters. The van der Waals surface area contributed by atoms with E-state index in [1.165, 1.54) is 36.4 Å². The number of carbonyl (C=O) groups is 2. The lowest BCUT2D eigenvalue weighted by Crippen LogP contribution is -2.30. The largest absolute Gasteiger partial charge is 0.486 e. The summed E-state index contributed by atoms with van der Waals surface area (Å²) in [6, 6.07) is 14.8. The van der Waals surface area contributed by atoms with Crippen molar-refractivity contribution in [1.82, 2.24) is 5.32 Å². The fourth-order valence-corrected chi connectivity index (χ4v) is 4.07. The highest BCUT2D eigenvalue weighted by Crippen LogP contribution is 2.36. The van der Waals surface area contributed by atoms with Gasteiger partial charge < -0.3 is 10.1 Å². The summed E-state index contributed by atoms with van der Waals surface area (Å²) in [5.41, 5.74) is 1.32. The zero-order valence-corrected chi connectivity index (χ0v) is 19.4. The van der Waals surface area contributed by atoms with Crippen LogP contribution in [0.2, 0.25) is 15.1 Å². The number of halogens is 3. The predicted octanol–water partition coefficient (Wildman–Crippen LogP) is 6.23. The smallest absolute Gasteiger partial charge is 0.333 e. The van der Waals surface area contributed by atoms with Gasteiger partial charge >= 0.3 is 6.03 Å². The van der Waals surface area contributed by atoms with Crippen LogP contribution in [0.5, 0.6) is 5.75 Å². The lowest BCUT2D eigenvalue weighted by molar-refractivity contribution is -0.384. The van der Waals surface area contributed by atoms with Crippen molar-refractivity contribution < 1.29 is 19.2 Å². The van der Waals surface area contributed by atoms with Crippen molar-refractivity contribution in [2.45, 2.75) is 6.61 Å². The summed E-state index contributed by atoms with van der Waals surface area (Å²) >= 11 is 18.6. The minimum atomic E-state index is -0.618. The molecule has 1 aliphatic heterocycles. The zero-order valence-electron chi connectivity index (χ0n) is 17.1. The third-order valence-electron chi connectivity index (χ3n) is 4.78. The van der Waals surface area contributed by atoms with Gasteiger partial charge in [0.05, 0.1) is 20.7 Å². The fourth-order valence-electron chi connectivity index (χ4n) is 3.27. The van der Waals surface area contributed by atoms with E-state index in [1.54, 1.807) is 30.3 Å². The molecule has 0 bridgehead atoms. The van der Waals surface area contributed by atoms with Gasteiger partial charge in [-0.05, 0) is 47.5 Å². The molecule has 1 saturated heterocycles. The van der Waals surface area contributed by atoms with E-state index in [1.807, 2.05) is 0 Å². The topological polar surface area (TPSA) is 102 Å². The van der Waals surface area contributed by atoms with Crippen LogP contribution >= 0.6 is 34.8 Å². The average Bonchev–Trinajstić information content (AvgIpc) is 3.06. The number of non-ortho nitro benzene ring substituents is 1. The summed E-state index contributed by atoms with van der Waals surface area (Å²) in [6.45, 7) is 0.00466. The first-order chi connectivity index (χ1) is 16.2. The summed E-state index contributed by atoms with van der Waals surface area (Å²) in [5.74, 6) is -0.384. The molecule has 3 aromatic carbocycles. The van der Waals surface area contributed by atoms with Crippen molar-refractivity contribution in [2.24, 2.45) is 0 Å². The standard InChI is InChI=1S/C23H14Cl3N3O5/c24-15-4-2-5-16(11-15)28-22(30)20(27-23(28)31)10-14-8-18(25)21(19(26)9-14)34-12-13-3-1-6-17(7-13)29(32)33/h1-11H,12H2,(H,27,31)/b20-10+. The van der Waals surface area contributed by atoms with Crippen LogP contribution in [-0.2, 0) is 11.4 Å². The predicted molar refractivity (Wildman–Crippen MR) is 129 cm³/mol. The molecule has 4 rings (SSSR count). The Hall–Kier alpha value is -3.59. The van der Waals surface area contributed by atoms with Gasteiger partial charge in [0.15, 0.2) is 5.75 Å². The van der Waals surface area contributed by atoms with Gasteiger partial charge in [-0.1, -0.05) is 53.0 Å². The number of imide groups is 1. The minimum Gasteiger partial charge on any atom is -0.486 e. The van der Waals surface area contributed by atoms with Crippen molar-refractivity contribution in [3.05, 3.63) is 103 Å². The van der Waals surface area contributed by atoms with Crippen molar-refractivity contribution >= 4 is 64.2 Å². The van der Waals surface area contributed by atoms with E-state index in [0.717, 1.165) is 4.90 Å². The maximum Gasteiger partial charge on any atom is 0.333 e. The first kappa shape index (κ1) is 23.6. The van der Waals surface area contributed by atoms with Crippen molar-refractivity contribution in [3.63, 3.8) is 0 Å². The molecule has 3 aromatic rings. The van der Waals surface area contributed by atoms with Gasteiger partial charge in [-0.15, -0.1) is 0 Å². The van der Waals surface area contributed by atoms with Crippen LogP contribution < -0.4 is 15.0 Å². The Morgan fingerprint density at radius 2 is 1.71 bits per heavy atom. The van der Waals surface area contributed by atoms with Gasteiger partial charge in [-0.3, -0.25) is 14.9 Å². The van der Waals surface area contributed by atoms with Crippen LogP contribution in [0.25, 0.3) is 6.08 Å². The third kappa shape index (κ3) is 4.99. The van der Waals surface area contributed by atoms with Gasteiger partial charge in [-0.2, -0.15) is 0 Å². The fraction of sp³-hybridized carbons (Fsp3) is 0.0435. The quantitative estimate of drug-likeness (QED) is 0.180. The van der Waals surface area contributed by atoms with Crippen molar-refractivity contribution in [1.29, 1.82) is 0 Å². The highest BCUT2D eigenvalue weighted by molar-refractivity contribution is 6.37. The molecule has 8 nitrogen and oxygen atoms in total. The second kappa shape index (κ2) is 9.72. The van der Waals surface area contributed by atoms with E-state index < -0.39 is 16.9 Å². The van der Waals surface area contributed by atoms with Gasteiger partial charge in [0, 0.05) is 17.2 Å². The Morgan fingerprint density at radius 1 is 1.00 bits per heavy atom. The van der Waals surface area contributed by atoms with Crippen molar-refractivity contribution in [3.8, 4) is 5.75 Å². The number of urea groups is 1. The average molecular weight is 519 g/mol. The number of nitrogens with one attached hydrogen (secondary N) is 1. The SMILES string of the molecule is O=C1N/C(=C/c2cc(Cl)c(OCc3cccc([N+](=O)[O-])c3)c(Cl)c2)C(=O)N1c1cccc(Cl)c1. The number of nitrogens with zero attached hydrogens (tertiary/aromatic N) is 2.